The molecule has 5 heteroatoms. The van der Waals surface area contributed by atoms with Crippen molar-refractivity contribution in [2.24, 2.45) is 0 Å². The zero-order chi connectivity index (χ0) is 13.2. The van der Waals surface area contributed by atoms with Gasteiger partial charge in [-0.2, -0.15) is 0 Å². The lowest BCUT2D eigenvalue weighted by molar-refractivity contribution is 0.967. The summed E-state index contributed by atoms with van der Waals surface area (Å²) in [7, 11) is 0. The Balaban J connectivity index is 2.19. The number of imidazole rings is 1. The van der Waals surface area contributed by atoms with Crippen molar-refractivity contribution >= 4 is 16.9 Å². The first-order valence-corrected chi connectivity index (χ1v) is 6.29. The summed E-state index contributed by atoms with van der Waals surface area (Å²) in [5.41, 5.74) is 3.03. The molecule has 0 atom stereocenters. The summed E-state index contributed by atoms with van der Waals surface area (Å²) in [5.74, 6) is 1.73. The fraction of sp³-hybridized carbons (Fsp3) is 0.214. The fourth-order valence-electron chi connectivity index (χ4n) is 2.16. The van der Waals surface area contributed by atoms with E-state index in [0.29, 0.717) is 0 Å². The molecule has 1 aromatic carbocycles. The largest absolute Gasteiger partial charge is 0.370 e. The van der Waals surface area contributed by atoms with Crippen LogP contribution < -0.4 is 5.32 Å². The number of hydrogen-bond donors (Lipinski definition) is 1. The molecule has 0 fully saturated rings. The molecule has 0 radical (unpaired) electrons. The molecule has 3 rings (SSSR count). The summed E-state index contributed by atoms with van der Waals surface area (Å²) in [6, 6.07) is 8.02. The molecule has 0 saturated carbocycles. The predicted molar refractivity (Wildman–Crippen MR) is 75.6 cm³/mol. The van der Waals surface area contributed by atoms with Crippen molar-refractivity contribution in [3.8, 4) is 5.82 Å². The van der Waals surface area contributed by atoms with E-state index >= 15 is 0 Å². The summed E-state index contributed by atoms with van der Waals surface area (Å²) >= 11 is 0. The van der Waals surface area contributed by atoms with Crippen molar-refractivity contribution in [2.45, 2.75) is 13.8 Å². The second-order valence-electron chi connectivity index (χ2n) is 4.30. The van der Waals surface area contributed by atoms with Crippen molar-refractivity contribution in [2.75, 3.05) is 11.9 Å². The Bertz CT molecular complexity index is 717. The molecule has 0 bridgehead atoms. The van der Waals surface area contributed by atoms with Crippen LogP contribution in [-0.4, -0.2) is 26.1 Å². The van der Waals surface area contributed by atoms with Crippen LogP contribution in [0.1, 0.15) is 12.5 Å². The van der Waals surface area contributed by atoms with E-state index in [4.69, 9.17) is 0 Å². The number of nitrogens with one attached hydrogen (secondary N) is 1. The molecule has 0 spiro atoms. The Hall–Kier alpha value is -2.43. The molecule has 19 heavy (non-hydrogen) atoms. The van der Waals surface area contributed by atoms with Crippen LogP contribution in [0.15, 0.2) is 36.9 Å². The van der Waals surface area contributed by atoms with Gasteiger partial charge in [-0.3, -0.25) is 4.57 Å². The summed E-state index contributed by atoms with van der Waals surface area (Å²) < 4.78 is 1.99. The van der Waals surface area contributed by atoms with Crippen LogP contribution in [0.4, 0.5) is 5.82 Å². The van der Waals surface area contributed by atoms with Crippen molar-refractivity contribution in [3.63, 3.8) is 0 Å². The zero-order valence-electron chi connectivity index (χ0n) is 11.0. The summed E-state index contributed by atoms with van der Waals surface area (Å²) in [6.07, 6.45) is 3.38. The van der Waals surface area contributed by atoms with Crippen molar-refractivity contribution in [1.82, 2.24) is 19.5 Å². The number of para-hydroxylation sites is 2. The third-order valence-corrected chi connectivity index (χ3v) is 3.08. The minimum Gasteiger partial charge on any atom is -0.370 e. The first-order chi connectivity index (χ1) is 9.31. The van der Waals surface area contributed by atoms with Gasteiger partial charge in [0.2, 0.25) is 0 Å². The number of anilines is 1. The van der Waals surface area contributed by atoms with Crippen molar-refractivity contribution in [1.29, 1.82) is 0 Å². The smallest absolute Gasteiger partial charge is 0.146 e. The lowest BCUT2D eigenvalue weighted by Gasteiger charge is -2.11. The van der Waals surface area contributed by atoms with Gasteiger partial charge in [-0.1, -0.05) is 12.1 Å². The number of aromatic nitrogens is 4. The molecule has 0 unspecified atom stereocenters. The predicted octanol–water partition coefficient (Wildman–Crippen LogP) is 2.56. The second-order valence-corrected chi connectivity index (χ2v) is 4.30. The van der Waals surface area contributed by atoms with E-state index in [1.165, 1.54) is 0 Å². The molecule has 0 saturated heterocycles. The van der Waals surface area contributed by atoms with Gasteiger partial charge in [-0.25, -0.2) is 15.0 Å². The van der Waals surface area contributed by atoms with Gasteiger partial charge in [0, 0.05) is 12.1 Å². The van der Waals surface area contributed by atoms with Crippen LogP contribution >= 0.6 is 0 Å². The van der Waals surface area contributed by atoms with Gasteiger partial charge in [0.1, 0.15) is 24.3 Å². The van der Waals surface area contributed by atoms with E-state index in [1.54, 1.807) is 12.7 Å². The van der Waals surface area contributed by atoms with E-state index in [1.807, 2.05) is 42.7 Å². The Morgan fingerprint density at radius 2 is 2.00 bits per heavy atom. The molecule has 96 valence electrons. The highest BCUT2D eigenvalue weighted by Crippen LogP contribution is 2.21. The quantitative estimate of drug-likeness (QED) is 0.779. The normalized spacial score (nSPS) is 10.8. The monoisotopic (exact) mass is 253 g/mol. The number of fused-ring (bicyclic) bond motifs is 1. The standard InChI is InChI=1S/C14H15N5/c1-3-15-13-10(2)14(17-8-16-13)19-9-18-11-6-4-5-7-12(11)19/h4-9H,3H2,1-2H3,(H,15,16,17). The van der Waals surface area contributed by atoms with Crippen LogP contribution in [0.5, 0.6) is 0 Å². The van der Waals surface area contributed by atoms with E-state index < -0.39 is 0 Å². The molecule has 2 aromatic heterocycles. The molecular weight excluding hydrogens is 238 g/mol. The maximum Gasteiger partial charge on any atom is 0.146 e. The highest BCUT2D eigenvalue weighted by atomic mass is 15.1. The Labute approximate surface area is 111 Å². The van der Waals surface area contributed by atoms with Crippen LogP contribution in [0.25, 0.3) is 16.9 Å². The van der Waals surface area contributed by atoms with Crippen LogP contribution in [-0.2, 0) is 0 Å². The lowest BCUT2D eigenvalue weighted by Crippen LogP contribution is -2.07. The molecule has 1 N–H and O–H groups in total. The van der Waals surface area contributed by atoms with Gasteiger partial charge in [0.15, 0.2) is 0 Å². The Morgan fingerprint density at radius 1 is 1.16 bits per heavy atom. The molecule has 3 aromatic rings. The molecule has 0 aliphatic heterocycles. The van der Waals surface area contributed by atoms with Gasteiger partial charge in [0.25, 0.3) is 0 Å². The first-order valence-electron chi connectivity index (χ1n) is 6.29. The number of hydrogen-bond acceptors (Lipinski definition) is 4. The molecule has 2 heterocycles. The van der Waals surface area contributed by atoms with Gasteiger partial charge in [-0.05, 0) is 26.0 Å². The average Bonchev–Trinajstić information content (AvgIpc) is 2.85. The van der Waals surface area contributed by atoms with Gasteiger partial charge in [0.05, 0.1) is 11.0 Å². The highest BCUT2D eigenvalue weighted by molar-refractivity contribution is 5.77. The van der Waals surface area contributed by atoms with E-state index in [2.05, 4.69) is 20.3 Å². The molecule has 5 nitrogen and oxygen atoms in total. The third kappa shape index (κ3) is 1.93. The SMILES string of the molecule is CCNc1ncnc(-n2cnc3ccccc32)c1C. The summed E-state index contributed by atoms with van der Waals surface area (Å²) in [5, 5.41) is 3.24. The summed E-state index contributed by atoms with van der Waals surface area (Å²) in [4.78, 5) is 13.0. The topological polar surface area (TPSA) is 55.6 Å². The van der Waals surface area contributed by atoms with Crippen molar-refractivity contribution in [3.05, 3.63) is 42.5 Å². The summed E-state index contributed by atoms with van der Waals surface area (Å²) in [6.45, 7) is 4.90. The second kappa shape index (κ2) is 4.68. The molecule has 0 aliphatic rings. The third-order valence-electron chi connectivity index (χ3n) is 3.08. The zero-order valence-corrected chi connectivity index (χ0v) is 11.0. The van der Waals surface area contributed by atoms with Gasteiger partial charge >= 0.3 is 0 Å². The lowest BCUT2D eigenvalue weighted by atomic mass is 10.3. The van der Waals surface area contributed by atoms with Gasteiger partial charge in [-0.15, -0.1) is 0 Å². The maximum absolute atomic E-state index is 4.39. The first kappa shape index (κ1) is 11.6. The molecular formula is C14H15N5. The van der Waals surface area contributed by atoms with Crippen LogP contribution in [0, 0.1) is 6.92 Å². The minimum absolute atomic E-state index is 0.835. The Kier molecular flexibility index (Phi) is 2.87. The maximum atomic E-state index is 4.39. The van der Waals surface area contributed by atoms with E-state index in [9.17, 15) is 0 Å². The highest BCUT2D eigenvalue weighted by Gasteiger charge is 2.10. The number of rotatable bonds is 3. The van der Waals surface area contributed by atoms with Gasteiger partial charge < -0.3 is 5.32 Å². The van der Waals surface area contributed by atoms with Crippen molar-refractivity contribution < 1.29 is 0 Å². The number of nitrogens with zero attached hydrogens (tertiary/aromatic N) is 4. The number of benzene rings is 1. The molecule has 0 amide bonds. The van der Waals surface area contributed by atoms with E-state index in [-0.39, 0.29) is 0 Å². The van der Waals surface area contributed by atoms with Crippen LogP contribution in [0.3, 0.4) is 0 Å². The minimum atomic E-state index is 0.835. The average molecular weight is 253 g/mol. The molecule has 0 aliphatic carbocycles. The Morgan fingerprint density at radius 3 is 2.84 bits per heavy atom. The van der Waals surface area contributed by atoms with E-state index in [0.717, 1.165) is 34.8 Å². The fourth-order valence-corrected chi connectivity index (χ4v) is 2.16. The van der Waals surface area contributed by atoms with Crippen LogP contribution in [0.2, 0.25) is 0 Å².